The van der Waals surface area contributed by atoms with Crippen LogP contribution in [-0.4, -0.2) is 85.5 Å². The molecular formula is C26H36FN5O4. The average molecular weight is 502 g/mol. The van der Waals surface area contributed by atoms with Crippen LogP contribution in [0.2, 0.25) is 0 Å². The van der Waals surface area contributed by atoms with Gasteiger partial charge in [0.1, 0.15) is 5.82 Å². The summed E-state index contributed by atoms with van der Waals surface area (Å²) in [5.74, 6) is -0.378. The third kappa shape index (κ3) is 12.7. The van der Waals surface area contributed by atoms with Crippen molar-refractivity contribution < 1.29 is 23.9 Å². The molecule has 2 amide bonds. The van der Waals surface area contributed by atoms with Gasteiger partial charge >= 0.3 is 5.97 Å². The molecule has 9 nitrogen and oxygen atoms in total. The summed E-state index contributed by atoms with van der Waals surface area (Å²) in [5, 5.41) is 10.8. The molecule has 3 heterocycles. The van der Waals surface area contributed by atoms with Gasteiger partial charge in [0, 0.05) is 51.1 Å². The lowest BCUT2D eigenvalue weighted by Crippen LogP contribution is -2.25. The van der Waals surface area contributed by atoms with E-state index in [1.165, 1.54) is 12.1 Å². The molecule has 10 heteroatoms. The number of nitrogens with zero attached hydrogens (tertiary/aromatic N) is 4. The first-order chi connectivity index (χ1) is 17.4. The van der Waals surface area contributed by atoms with Gasteiger partial charge < -0.3 is 20.2 Å². The minimum Gasteiger partial charge on any atom is -0.481 e. The quantitative estimate of drug-likeness (QED) is 0.476. The molecule has 0 aromatic heterocycles. The molecule has 0 saturated carbocycles. The van der Waals surface area contributed by atoms with Gasteiger partial charge in [0.15, 0.2) is 5.84 Å². The van der Waals surface area contributed by atoms with E-state index in [-0.39, 0.29) is 11.7 Å². The number of carboxylic acids is 1. The van der Waals surface area contributed by atoms with Crippen LogP contribution in [0.5, 0.6) is 0 Å². The molecule has 1 aromatic carbocycles. The molecule has 0 spiro atoms. The van der Waals surface area contributed by atoms with E-state index < -0.39 is 5.97 Å². The zero-order valence-corrected chi connectivity index (χ0v) is 20.9. The Morgan fingerprint density at radius 2 is 1.92 bits per heavy atom. The second kappa shape index (κ2) is 18.6. The molecule has 1 fully saturated rings. The number of aliphatic imine (C=N–C) groups is 2. The minimum absolute atomic E-state index is 0.111. The van der Waals surface area contributed by atoms with E-state index >= 15 is 0 Å². The maximum absolute atomic E-state index is 12.6. The van der Waals surface area contributed by atoms with Gasteiger partial charge in [-0.05, 0) is 50.2 Å². The van der Waals surface area contributed by atoms with Gasteiger partial charge in [0.2, 0.25) is 12.8 Å². The van der Waals surface area contributed by atoms with Gasteiger partial charge in [0.25, 0.3) is 0 Å². The molecule has 1 unspecified atom stereocenters. The maximum Gasteiger partial charge on any atom is 0.307 e. The van der Waals surface area contributed by atoms with Crippen molar-refractivity contribution >= 4 is 30.8 Å². The highest BCUT2D eigenvalue weighted by Gasteiger charge is 2.26. The second-order valence-electron chi connectivity index (χ2n) is 7.88. The number of benzene rings is 1. The van der Waals surface area contributed by atoms with Crippen LogP contribution in [0.3, 0.4) is 0 Å². The Morgan fingerprint density at radius 3 is 2.39 bits per heavy atom. The van der Waals surface area contributed by atoms with Crippen LogP contribution >= 0.6 is 0 Å². The van der Waals surface area contributed by atoms with Crippen LogP contribution in [-0.2, 0) is 14.4 Å². The lowest BCUT2D eigenvalue weighted by atomic mass is 10.1. The van der Waals surface area contributed by atoms with Crippen molar-refractivity contribution in [2.75, 3.05) is 39.8 Å². The number of nitrogens with one attached hydrogen (secondary N) is 1. The molecule has 3 aliphatic rings. The third-order valence-corrected chi connectivity index (χ3v) is 5.29. The van der Waals surface area contributed by atoms with Crippen LogP contribution in [0.15, 0.2) is 58.7 Å². The van der Waals surface area contributed by atoms with Crippen molar-refractivity contribution in [3.8, 4) is 0 Å². The summed E-state index contributed by atoms with van der Waals surface area (Å²) in [6, 6.07) is 6.15. The van der Waals surface area contributed by atoms with E-state index in [1.807, 2.05) is 12.2 Å². The van der Waals surface area contributed by atoms with Gasteiger partial charge in [-0.25, -0.2) is 14.4 Å². The van der Waals surface area contributed by atoms with E-state index in [0.717, 1.165) is 64.0 Å². The number of aliphatic carboxylic acids is 1. The van der Waals surface area contributed by atoms with E-state index in [1.54, 1.807) is 36.5 Å². The lowest BCUT2D eigenvalue weighted by Gasteiger charge is -2.16. The number of carbonyl (C=O) groups excluding carboxylic acids is 2. The van der Waals surface area contributed by atoms with Crippen molar-refractivity contribution in [1.29, 1.82) is 0 Å². The summed E-state index contributed by atoms with van der Waals surface area (Å²) in [6.07, 6.45) is 13.7. The van der Waals surface area contributed by atoms with Crippen molar-refractivity contribution in [3.05, 3.63) is 60.1 Å². The minimum atomic E-state index is -0.643. The highest BCUT2D eigenvalue weighted by Crippen LogP contribution is 2.15. The summed E-state index contributed by atoms with van der Waals surface area (Å²) in [5.41, 5.74) is 0.828. The van der Waals surface area contributed by atoms with Crippen LogP contribution in [0.4, 0.5) is 4.39 Å². The molecule has 0 aliphatic carbocycles. The number of amidine groups is 1. The number of allylic oxidation sites excluding steroid dienone is 1. The van der Waals surface area contributed by atoms with Crippen LogP contribution < -0.4 is 5.32 Å². The summed E-state index contributed by atoms with van der Waals surface area (Å²) in [4.78, 5) is 41.8. The third-order valence-electron chi connectivity index (χ3n) is 5.29. The first kappa shape index (κ1) is 30.4. The monoisotopic (exact) mass is 501 g/mol. The SMILES string of the molecule is CCN1CCC(C(=O)O)C1.CNC=O.Fc1ccc(C2=NC=CCC=N2)cc1.O=CN1CC=CCC1. The molecule has 0 radical (unpaired) electrons. The van der Waals surface area contributed by atoms with Crippen molar-refractivity contribution in [1.82, 2.24) is 15.1 Å². The van der Waals surface area contributed by atoms with Crippen molar-refractivity contribution in [3.63, 3.8) is 0 Å². The number of rotatable bonds is 5. The number of carbonyl (C=O) groups is 3. The Kier molecular flexibility index (Phi) is 15.7. The average Bonchev–Trinajstić information content (AvgIpc) is 3.26. The molecular weight excluding hydrogens is 465 g/mol. The Balaban J connectivity index is 0.000000260. The molecule has 1 aromatic rings. The predicted octanol–water partition coefficient (Wildman–Crippen LogP) is 2.74. The standard InChI is InChI=1S/C11H9FN2.C7H13NO2.C6H9NO.C2H5NO/c12-10-5-3-9(4-6-10)11-13-7-1-2-8-14-11;1-2-8-4-3-6(5-8)7(9)10;8-6-7-4-2-1-3-5-7;1-3-2-4/h1,3-8H,2H2;6H,2-5H2,1H3,(H,9,10);1-2,6H,3-5H2;2H,1H3,(H,3,4). The molecule has 0 bridgehead atoms. The predicted molar refractivity (Wildman–Crippen MR) is 140 cm³/mol. The van der Waals surface area contributed by atoms with Crippen LogP contribution in [0.25, 0.3) is 0 Å². The summed E-state index contributed by atoms with van der Waals surface area (Å²) in [6.45, 7) is 6.41. The smallest absolute Gasteiger partial charge is 0.307 e. The molecule has 196 valence electrons. The number of likely N-dealkylation sites (tertiary alicyclic amines) is 1. The van der Waals surface area contributed by atoms with Crippen LogP contribution in [0, 0.1) is 11.7 Å². The van der Waals surface area contributed by atoms with E-state index in [4.69, 9.17) is 9.90 Å². The van der Waals surface area contributed by atoms with Crippen LogP contribution in [0.1, 0.15) is 31.7 Å². The van der Waals surface area contributed by atoms with E-state index in [0.29, 0.717) is 12.2 Å². The number of hydrogen-bond acceptors (Lipinski definition) is 6. The van der Waals surface area contributed by atoms with E-state index in [9.17, 15) is 14.0 Å². The van der Waals surface area contributed by atoms with Gasteiger partial charge in [-0.3, -0.25) is 14.4 Å². The normalized spacial score (nSPS) is 18.1. The Hall–Kier alpha value is -3.66. The molecule has 36 heavy (non-hydrogen) atoms. The largest absolute Gasteiger partial charge is 0.481 e. The zero-order valence-electron chi connectivity index (χ0n) is 20.9. The first-order valence-corrected chi connectivity index (χ1v) is 11.9. The number of halogens is 1. The molecule has 1 atom stereocenters. The molecule has 2 N–H and O–H groups in total. The fraction of sp³-hybridized carbons (Fsp3) is 0.423. The van der Waals surface area contributed by atoms with Gasteiger partial charge in [-0.2, -0.15) is 0 Å². The molecule has 1 saturated heterocycles. The van der Waals surface area contributed by atoms with Crippen molar-refractivity contribution in [2.24, 2.45) is 15.9 Å². The molecule has 3 aliphatic heterocycles. The fourth-order valence-corrected chi connectivity index (χ4v) is 3.24. The Bertz CT molecular complexity index is 915. The highest BCUT2D eigenvalue weighted by atomic mass is 19.1. The Morgan fingerprint density at radius 1 is 1.19 bits per heavy atom. The van der Waals surface area contributed by atoms with Gasteiger partial charge in [-0.15, -0.1) is 0 Å². The number of amides is 2. The fourth-order valence-electron chi connectivity index (χ4n) is 3.24. The topological polar surface area (TPSA) is 115 Å². The van der Waals surface area contributed by atoms with Crippen molar-refractivity contribution in [2.45, 2.75) is 26.2 Å². The van der Waals surface area contributed by atoms with Gasteiger partial charge in [0.05, 0.1) is 5.92 Å². The lowest BCUT2D eigenvalue weighted by molar-refractivity contribution is -0.141. The zero-order chi connectivity index (χ0) is 26.6. The van der Waals surface area contributed by atoms with E-state index in [2.05, 4.69) is 33.2 Å². The second-order valence-corrected chi connectivity index (χ2v) is 7.88. The Labute approximate surface area is 212 Å². The highest BCUT2D eigenvalue weighted by molar-refractivity contribution is 6.03. The number of hydrogen-bond donors (Lipinski definition) is 2. The molecule has 4 rings (SSSR count). The number of carboxylic acid groups (broad SMARTS) is 1. The first-order valence-electron chi connectivity index (χ1n) is 11.9. The summed E-state index contributed by atoms with van der Waals surface area (Å²) in [7, 11) is 1.56. The summed E-state index contributed by atoms with van der Waals surface area (Å²) < 4.78 is 12.6. The summed E-state index contributed by atoms with van der Waals surface area (Å²) >= 11 is 0. The van der Waals surface area contributed by atoms with Gasteiger partial charge in [-0.1, -0.05) is 25.2 Å². The maximum atomic E-state index is 12.6.